The Balaban J connectivity index is 1.74. The molecule has 3 aromatic rings. The third-order valence-electron chi connectivity index (χ3n) is 4.98. The molecule has 0 aliphatic rings. The van der Waals surface area contributed by atoms with Crippen LogP contribution in [0.25, 0.3) is 0 Å². The smallest absolute Gasteiger partial charge is 0.255 e. The van der Waals surface area contributed by atoms with Crippen molar-refractivity contribution in [3.05, 3.63) is 83.9 Å². The fourth-order valence-electron chi connectivity index (χ4n) is 3.41. The highest BCUT2D eigenvalue weighted by atomic mass is 32.2. The molecule has 0 aromatic heterocycles. The lowest BCUT2D eigenvalue weighted by Crippen LogP contribution is -2.40. The second-order valence-corrected chi connectivity index (χ2v) is 10.7. The average molecular weight is 482 g/mol. The van der Waals surface area contributed by atoms with Crippen molar-refractivity contribution < 1.29 is 17.9 Å². The number of carbonyl (C=O) groups excluding carboxylic acids is 1. The number of hydrogen-bond donors (Lipinski definition) is 3. The maximum atomic E-state index is 12.9. The Hall–Kier alpha value is -3.36. The Bertz CT molecular complexity index is 1240. The summed E-state index contributed by atoms with van der Waals surface area (Å²) in [4.78, 5) is 12.8. The fraction of sp³-hybridized carbons (Fsp3) is 0.269. The second kappa shape index (κ2) is 10.3. The highest BCUT2D eigenvalue weighted by molar-refractivity contribution is 7.89. The van der Waals surface area contributed by atoms with E-state index in [4.69, 9.17) is 4.74 Å². The molecule has 0 radical (unpaired) electrons. The van der Waals surface area contributed by atoms with E-state index < -0.39 is 21.5 Å². The van der Waals surface area contributed by atoms with E-state index in [1.807, 2.05) is 30.3 Å². The number of sulfonamides is 1. The lowest BCUT2D eigenvalue weighted by molar-refractivity contribution is 0.102. The summed E-state index contributed by atoms with van der Waals surface area (Å²) < 4.78 is 33.5. The van der Waals surface area contributed by atoms with Gasteiger partial charge in [0.1, 0.15) is 10.6 Å². The van der Waals surface area contributed by atoms with Crippen molar-refractivity contribution in [3.63, 3.8) is 0 Å². The first-order valence-electron chi connectivity index (χ1n) is 10.9. The topological polar surface area (TPSA) is 96.5 Å². The van der Waals surface area contributed by atoms with Gasteiger partial charge in [0, 0.05) is 28.5 Å². The molecule has 7 nitrogen and oxygen atoms in total. The Morgan fingerprint density at radius 2 is 1.53 bits per heavy atom. The molecule has 180 valence electrons. The van der Waals surface area contributed by atoms with Gasteiger partial charge in [0.05, 0.1) is 7.11 Å². The zero-order valence-corrected chi connectivity index (χ0v) is 20.9. The van der Waals surface area contributed by atoms with E-state index in [1.165, 1.54) is 30.9 Å². The molecule has 0 spiro atoms. The van der Waals surface area contributed by atoms with Crippen LogP contribution >= 0.6 is 0 Å². The average Bonchev–Trinajstić information content (AvgIpc) is 2.79. The largest absolute Gasteiger partial charge is 0.495 e. The molecule has 0 fully saturated rings. The quantitative estimate of drug-likeness (QED) is 0.411. The van der Waals surface area contributed by atoms with Crippen LogP contribution in [0.2, 0.25) is 0 Å². The minimum Gasteiger partial charge on any atom is -0.495 e. The van der Waals surface area contributed by atoms with Crippen molar-refractivity contribution in [2.24, 2.45) is 0 Å². The summed E-state index contributed by atoms with van der Waals surface area (Å²) in [6.07, 6.45) is 0. The van der Waals surface area contributed by atoms with Gasteiger partial charge in [-0.2, -0.15) is 0 Å². The predicted octanol–water partition coefficient (Wildman–Crippen LogP) is 5.20. The third kappa shape index (κ3) is 6.59. The van der Waals surface area contributed by atoms with Crippen molar-refractivity contribution in [1.29, 1.82) is 0 Å². The van der Waals surface area contributed by atoms with Gasteiger partial charge in [-0.25, -0.2) is 13.1 Å². The van der Waals surface area contributed by atoms with Crippen LogP contribution in [-0.2, 0) is 10.0 Å². The van der Waals surface area contributed by atoms with Gasteiger partial charge in [-0.3, -0.25) is 4.79 Å². The molecule has 0 aliphatic carbocycles. The van der Waals surface area contributed by atoms with Crippen LogP contribution in [0.15, 0.2) is 77.7 Å². The van der Waals surface area contributed by atoms with Crippen LogP contribution < -0.4 is 20.1 Å². The highest BCUT2D eigenvalue weighted by Crippen LogP contribution is 2.27. The van der Waals surface area contributed by atoms with Gasteiger partial charge in [0.15, 0.2) is 0 Å². The van der Waals surface area contributed by atoms with Crippen molar-refractivity contribution >= 4 is 27.3 Å². The number of rotatable bonds is 8. The van der Waals surface area contributed by atoms with Crippen molar-refractivity contribution in [2.75, 3.05) is 17.7 Å². The second-order valence-electron chi connectivity index (χ2n) is 9.03. The lowest BCUT2D eigenvalue weighted by atomic mass is 10.1. The number of hydrogen-bond acceptors (Lipinski definition) is 5. The normalized spacial score (nSPS) is 12.6. The van der Waals surface area contributed by atoms with Crippen LogP contribution in [-0.4, -0.2) is 27.0 Å². The minimum absolute atomic E-state index is 0.0907. The number of methoxy groups -OCH3 is 1. The van der Waals surface area contributed by atoms with Crippen molar-refractivity contribution in [1.82, 2.24) is 4.72 Å². The van der Waals surface area contributed by atoms with Crippen LogP contribution in [0.4, 0.5) is 11.4 Å². The number of anilines is 2. The van der Waals surface area contributed by atoms with E-state index in [0.29, 0.717) is 5.69 Å². The Morgan fingerprint density at radius 3 is 2.12 bits per heavy atom. The van der Waals surface area contributed by atoms with Gasteiger partial charge >= 0.3 is 0 Å². The molecular weight excluding hydrogens is 450 g/mol. The van der Waals surface area contributed by atoms with Gasteiger partial charge in [-0.1, -0.05) is 30.3 Å². The molecule has 0 aliphatic heterocycles. The molecule has 1 atom stereocenters. The predicted molar refractivity (Wildman–Crippen MR) is 136 cm³/mol. The molecule has 3 aromatic carbocycles. The number of ether oxygens (including phenoxy) is 1. The Morgan fingerprint density at radius 1 is 0.912 bits per heavy atom. The molecule has 3 rings (SSSR count). The van der Waals surface area contributed by atoms with E-state index in [2.05, 4.69) is 34.4 Å². The summed E-state index contributed by atoms with van der Waals surface area (Å²) in [6, 6.07) is 21.9. The van der Waals surface area contributed by atoms with Gasteiger partial charge in [-0.05, 0) is 75.7 Å². The van der Waals surface area contributed by atoms with Gasteiger partial charge < -0.3 is 15.4 Å². The monoisotopic (exact) mass is 481 g/mol. The zero-order valence-electron chi connectivity index (χ0n) is 20.0. The molecular formula is C26H31N3O4S. The van der Waals surface area contributed by atoms with E-state index in [0.717, 1.165) is 5.69 Å². The first kappa shape index (κ1) is 25.3. The number of carbonyl (C=O) groups is 1. The molecule has 0 saturated carbocycles. The lowest BCUT2D eigenvalue weighted by Gasteiger charge is -2.21. The van der Waals surface area contributed by atoms with E-state index in [1.54, 1.807) is 32.9 Å². The highest BCUT2D eigenvalue weighted by Gasteiger charge is 2.26. The fourth-order valence-corrected chi connectivity index (χ4v) is 5.03. The van der Waals surface area contributed by atoms with Gasteiger partial charge in [0.2, 0.25) is 10.0 Å². The standard InChI is InChI=1S/C26H31N3O4S/c1-18(19-9-7-6-8-10-19)27-21-12-14-22(15-13-21)28-25(30)20-11-16-23(33-5)24(17-20)34(31,32)29-26(2,3)4/h6-18,27,29H,1-5H3,(H,28,30). The molecule has 8 heteroatoms. The first-order valence-corrected chi connectivity index (χ1v) is 12.4. The SMILES string of the molecule is COc1ccc(C(=O)Nc2ccc(NC(C)c3ccccc3)cc2)cc1S(=O)(=O)NC(C)(C)C. The summed E-state index contributed by atoms with van der Waals surface area (Å²) in [7, 11) is -2.50. The van der Waals surface area contributed by atoms with E-state index in [9.17, 15) is 13.2 Å². The maximum Gasteiger partial charge on any atom is 0.255 e. The Labute approximate surface area is 201 Å². The van der Waals surface area contributed by atoms with E-state index >= 15 is 0 Å². The third-order valence-corrected chi connectivity index (χ3v) is 6.76. The minimum atomic E-state index is -3.89. The summed E-state index contributed by atoms with van der Waals surface area (Å²) in [5, 5.41) is 6.24. The van der Waals surface area contributed by atoms with Gasteiger partial charge in [-0.15, -0.1) is 0 Å². The number of nitrogens with one attached hydrogen (secondary N) is 3. The molecule has 1 amide bonds. The van der Waals surface area contributed by atoms with Gasteiger partial charge in [0.25, 0.3) is 5.91 Å². The summed E-state index contributed by atoms with van der Waals surface area (Å²) >= 11 is 0. The first-order chi connectivity index (χ1) is 16.0. The van der Waals surface area contributed by atoms with Crippen molar-refractivity contribution in [2.45, 2.75) is 44.2 Å². The maximum absolute atomic E-state index is 12.9. The van der Waals surface area contributed by atoms with Crippen LogP contribution in [0.1, 0.15) is 49.7 Å². The van der Waals surface area contributed by atoms with E-state index in [-0.39, 0.29) is 22.3 Å². The summed E-state index contributed by atoms with van der Waals surface area (Å²) in [5.41, 5.74) is 2.20. The molecule has 0 bridgehead atoms. The Kier molecular flexibility index (Phi) is 7.64. The summed E-state index contributed by atoms with van der Waals surface area (Å²) in [5.74, 6) is -0.260. The molecule has 34 heavy (non-hydrogen) atoms. The zero-order chi connectivity index (χ0) is 24.9. The summed E-state index contributed by atoms with van der Waals surface area (Å²) in [6.45, 7) is 7.31. The molecule has 0 heterocycles. The number of benzene rings is 3. The van der Waals surface area contributed by atoms with Crippen LogP contribution in [0.5, 0.6) is 5.75 Å². The molecule has 0 saturated heterocycles. The molecule has 1 unspecified atom stereocenters. The van der Waals surface area contributed by atoms with Crippen molar-refractivity contribution in [3.8, 4) is 5.75 Å². The number of amides is 1. The van der Waals surface area contributed by atoms with Crippen LogP contribution in [0, 0.1) is 0 Å². The molecule has 3 N–H and O–H groups in total. The van der Waals surface area contributed by atoms with Crippen LogP contribution in [0.3, 0.4) is 0 Å².